The Hall–Kier alpha value is 0.682. The smallest absolute Gasteiger partial charge is 0.316 e. The van der Waals surface area contributed by atoms with E-state index in [9.17, 15) is 4.57 Å². The summed E-state index contributed by atoms with van der Waals surface area (Å²) in [6.07, 6.45) is 4.33. The van der Waals surface area contributed by atoms with Gasteiger partial charge in [0, 0.05) is 17.4 Å². The molecule has 1 N–H and O–H groups in total. The Morgan fingerprint density at radius 3 is 2.45 bits per heavy atom. The molecule has 0 aliphatic heterocycles. The van der Waals surface area contributed by atoms with Crippen LogP contribution in [-0.4, -0.2) is 11.5 Å². The largest absolute Gasteiger partial charge is 0.326 e. The van der Waals surface area contributed by atoms with E-state index < -0.39 is 8.25 Å². The van der Waals surface area contributed by atoms with Gasteiger partial charge in [-0.1, -0.05) is 26.2 Å². The molecule has 1 unspecified atom stereocenters. The van der Waals surface area contributed by atoms with E-state index in [0.29, 0.717) is 6.61 Å². The Kier molecular flexibility index (Phi) is 13.8. The Balaban J connectivity index is 0. The normalized spacial score (nSPS) is 12.2. The van der Waals surface area contributed by atoms with Crippen LogP contribution in [0.25, 0.3) is 0 Å². The minimum Gasteiger partial charge on any atom is -0.326 e. The summed E-state index contributed by atoms with van der Waals surface area (Å²) in [4.78, 5) is 8.23. The maximum Gasteiger partial charge on any atom is 0.316 e. The second kappa shape index (κ2) is 10.7. The zero-order valence-electron chi connectivity index (χ0n) is 6.71. The minimum atomic E-state index is -2.67. The van der Waals surface area contributed by atoms with Gasteiger partial charge in [0.05, 0.1) is 6.61 Å². The zero-order chi connectivity index (χ0) is 7.82. The van der Waals surface area contributed by atoms with Gasteiger partial charge in [0.2, 0.25) is 0 Å². The van der Waals surface area contributed by atoms with Crippen molar-refractivity contribution in [3.63, 3.8) is 0 Å². The van der Waals surface area contributed by atoms with Crippen LogP contribution in [0, 0.1) is 0 Å². The molecule has 0 aliphatic rings. The molecule has 0 amide bonds. The van der Waals surface area contributed by atoms with Crippen molar-refractivity contribution in [1.82, 2.24) is 0 Å². The van der Waals surface area contributed by atoms with Gasteiger partial charge in [-0.05, 0) is 6.42 Å². The predicted octanol–water partition coefficient (Wildman–Crippen LogP) is 1.96. The minimum absolute atomic E-state index is 0. The van der Waals surface area contributed by atoms with Crippen LogP contribution < -0.4 is 0 Å². The van der Waals surface area contributed by atoms with E-state index in [-0.39, 0.29) is 17.4 Å². The predicted molar refractivity (Wildman–Crippen MR) is 41.3 cm³/mol. The molecule has 0 spiro atoms. The molecule has 0 aromatic rings. The maximum absolute atomic E-state index is 9.99. The Bertz CT molecular complexity index is 99.8. The molecule has 3 nitrogen and oxygen atoms in total. The van der Waals surface area contributed by atoms with Crippen molar-refractivity contribution in [3.8, 4) is 0 Å². The monoisotopic (exact) mass is 218 g/mol. The van der Waals surface area contributed by atoms with Crippen LogP contribution in [-0.2, 0) is 26.4 Å². The molecular weight excluding hydrogens is 203 g/mol. The first-order valence-electron chi connectivity index (χ1n) is 3.63. The van der Waals surface area contributed by atoms with Crippen LogP contribution in [0.4, 0.5) is 0 Å². The number of hydrogen-bond acceptors (Lipinski definition) is 2. The quantitative estimate of drug-likeness (QED) is 0.547. The molecule has 0 aromatic heterocycles. The van der Waals surface area contributed by atoms with Crippen molar-refractivity contribution < 1.29 is 31.3 Å². The zero-order valence-corrected chi connectivity index (χ0v) is 8.98. The van der Waals surface area contributed by atoms with Crippen LogP contribution in [0.1, 0.15) is 32.6 Å². The summed E-state index contributed by atoms with van der Waals surface area (Å²) in [5, 5.41) is 0. The van der Waals surface area contributed by atoms with Crippen LogP contribution in [0.2, 0.25) is 0 Å². The van der Waals surface area contributed by atoms with Gasteiger partial charge >= 0.3 is 8.25 Å². The van der Waals surface area contributed by atoms with Gasteiger partial charge in [0.25, 0.3) is 0 Å². The molecule has 0 rings (SSSR count). The first-order valence-corrected chi connectivity index (χ1v) is 4.89. The molecule has 0 heterocycles. The van der Waals surface area contributed by atoms with Crippen LogP contribution in [0.15, 0.2) is 0 Å². The standard InChI is InChI=1S/C6H15O3P.Cr/c1-2-3-4-5-6-9-10(7)8;/h10H,2-6H2,1H3,(H,7,8);. The Morgan fingerprint density at radius 2 is 2.00 bits per heavy atom. The van der Waals surface area contributed by atoms with E-state index in [4.69, 9.17) is 4.89 Å². The first-order chi connectivity index (χ1) is 4.77. The van der Waals surface area contributed by atoms with E-state index >= 15 is 0 Å². The van der Waals surface area contributed by atoms with E-state index in [2.05, 4.69) is 11.4 Å². The third kappa shape index (κ3) is 13.6. The average molecular weight is 218 g/mol. The van der Waals surface area contributed by atoms with Gasteiger partial charge in [0.1, 0.15) is 0 Å². The molecule has 5 heteroatoms. The SMILES string of the molecule is CCCCCCO[PH](=O)O.[Cr]. The fourth-order valence-corrected chi connectivity index (χ4v) is 1.01. The molecule has 1 atom stereocenters. The van der Waals surface area contributed by atoms with E-state index in [1.54, 1.807) is 0 Å². The van der Waals surface area contributed by atoms with Crippen molar-refractivity contribution in [1.29, 1.82) is 0 Å². The second-order valence-electron chi connectivity index (χ2n) is 2.18. The van der Waals surface area contributed by atoms with Crippen molar-refractivity contribution in [2.24, 2.45) is 0 Å². The van der Waals surface area contributed by atoms with E-state index in [0.717, 1.165) is 12.8 Å². The molecule has 0 saturated heterocycles. The van der Waals surface area contributed by atoms with Gasteiger partial charge in [-0.25, -0.2) is 0 Å². The van der Waals surface area contributed by atoms with Gasteiger partial charge in [-0.3, -0.25) is 4.57 Å². The summed E-state index contributed by atoms with van der Waals surface area (Å²) in [6, 6.07) is 0. The van der Waals surface area contributed by atoms with Crippen LogP contribution in [0.3, 0.4) is 0 Å². The second-order valence-corrected chi connectivity index (χ2v) is 3.00. The number of unbranched alkanes of at least 4 members (excludes halogenated alkanes) is 3. The summed E-state index contributed by atoms with van der Waals surface area (Å²) < 4.78 is 14.5. The molecule has 0 aliphatic carbocycles. The van der Waals surface area contributed by atoms with Crippen molar-refractivity contribution in [2.45, 2.75) is 32.6 Å². The summed E-state index contributed by atoms with van der Waals surface area (Å²) in [5.41, 5.74) is 0. The summed E-state index contributed by atoms with van der Waals surface area (Å²) in [6.45, 7) is 2.55. The van der Waals surface area contributed by atoms with Gasteiger partial charge < -0.3 is 9.42 Å². The number of rotatable bonds is 6. The summed E-state index contributed by atoms with van der Waals surface area (Å²) in [5.74, 6) is 0. The fraction of sp³-hybridized carbons (Fsp3) is 1.00. The van der Waals surface area contributed by atoms with Crippen LogP contribution >= 0.6 is 8.25 Å². The summed E-state index contributed by atoms with van der Waals surface area (Å²) in [7, 11) is -2.67. The van der Waals surface area contributed by atoms with E-state index in [1.165, 1.54) is 12.8 Å². The van der Waals surface area contributed by atoms with Gasteiger partial charge in [0.15, 0.2) is 0 Å². The van der Waals surface area contributed by atoms with Gasteiger partial charge in [-0.15, -0.1) is 0 Å². The molecule has 0 bridgehead atoms. The average Bonchev–Trinajstić information content (AvgIpc) is 1.87. The fourth-order valence-electron chi connectivity index (χ4n) is 0.688. The Morgan fingerprint density at radius 1 is 1.36 bits per heavy atom. The van der Waals surface area contributed by atoms with Gasteiger partial charge in [-0.2, -0.15) is 0 Å². The molecule has 0 fully saturated rings. The van der Waals surface area contributed by atoms with Crippen LogP contribution in [0.5, 0.6) is 0 Å². The topological polar surface area (TPSA) is 46.5 Å². The molecule has 0 saturated carbocycles. The Labute approximate surface area is 79.2 Å². The maximum atomic E-state index is 9.99. The molecule has 0 radical (unpaired) electrons. The summed E-state index contributed by atoms with van der Waals surface area (Å²) >= 11 is 0. The third-order valence-corrected chi connectivity index (χ3v) is 1.67. The van der Waals surface area contributed by atoms with E-state index in [1.807, 2.05) is 0 Å². The number of hydrogen-bond donors (Lipinski definition) is 1. The van der Waals surface area contributed by atoms with Crippen molar-refractivity contribution in [3.05, 3.63) is 0 Å². The van der Waals surface area contributed by atoms with Crippen molar-refractivity contribution in [2.75, 3.05) is 6.61 Å². The molecular formula is C6H15CrO3P. The molecule has 11 heavy (non-hydrogen) atoms. The molecule has 68 valence electrons. The first kappa shape index (κ1) is 14.2. The third-order valence-electron chi connectivity index (χ3n) is 1.22. The molecule has 0 aromatic carbocycles. The van der Waals surface area contributed by atoms with Crippen molar-refractivity contribution >= 4 is 8.25 Å².